The SMILES string of the molecule is Cc1ccnc(Oc2ccc(-c3c(N)ncnc3-c3ccc(C=CNS(=O)O)cc3)cc2F)n1. The van der Waals surface area contributed by atoms with Crippen molar-refractivity contribution in [2.45, 2.75) is 6.92 Å². The maximum Gasteiger partial charge on any atom is 0.322 e. The number of anilines is 1. The molecule has 2 aromatic heterocycles. The number of ether oxygens (including phenoxy) is 1. The van der Waals surface area contributed by atoms with Gasteiger partial charge in [-0.15, -0.1) is 0 Å². The molecular formula is C23H19FN6O3S. The zero-order valence-electron chi connectivity index (χ0n) is 17.8. The van der Waals surface area contributed by atoms with Gasteiger partial charge in [-0.2, -0.15) is 0 Å². The number of aromatic nitrogens is 4. The molecule has 2 heterocycles. The lowest BCUT2D eigenvalue weighted by atomic mass is 9.98. The van der Waals surface area contributed by atoms with E-state index in [2.05, 4.69) is 24.7 Å². The molecule has 172 valence electrons. The standard InChI is InChI=1S/C23H19FN6O3S/c1-14-8-10-26-23(30-14)33-19-7-6-17(12-18(19)24)20-21(27-13-28-22(20)25)16-4-2-15(3-5-16)9-11-29-34(31)32/h2-13,29H,1H3,(H,31,32)(H2,25,27,28). The molecule has 0 spiro atoms. The second-order valence-electron chi connectivity index (χ2n) is 7.03. The largest absolute Gasteiger partial charge is 0.421 e. The van der Waals surface area contributed by atoms with Crippen LogP contribution in [0.1, 0.15) is 11.3 Å². The predicted octanol–water partition coefficient (Wildman–Crippen LogP) is 4.12. The number of aryl methyl sites for hydroxylation is 1. The maximum absolute atomic E-state index is 14.9. The molecular weight excluding hydrogens is 459 g/mol. The number of nitrogens with one attached hydrogen (secondary N) is 1. The molecule has 4 rings (SSSR count). The van der Waals surface area contributed by atoms with E-state index in [4.69, 9.17) is 15.0 Å². The summed E-state index contributed by atoms with van der Waals surface area (Å²) in [4.78, 5) is 16.5. The maximum atomic E-state index is 14.9. The highest BCUT2D eigenvalue weighted by molar-refractivity contribution is 7.77. The Hall–Kier alpha value is -4.22. The number of hydrogen-bond donors (Lipinski definition) is 3. The van der Waals surface area contributed by atoms with E-state index in [1.54, 1.807) is 37.3 Å². The Labute approximate surface area is 197 Å². The minimum Gasteiger partial charge on any atom is -0.421 e. The summed E-state index contributed by atoms with van der Waals surface area (Å²) in [5, 5.41) is 0. The second-order valence-corrected chi connectivity index (χ2v) is 7.77. The number of benzene rings is 2. The molecule has 4 N–H and O–H groups in total. The predicted molar refractivity (Wildman–Crippen MR) is 127 cm³/mol. The van der Waals surface area contributed by atoms with Crippen LogP contribution >= 0.6 is 0 Å². The van der Waals surface area contributed by atoms with E-state index in [1.165, 1.54) is 30.9 Å². The Bertz CT molecular complexity index is 1380. The van der Waals surface area contributed by atoms with E-state index >= 15 is 0 Å². The van der Waals surface area contributed by atoms with Crippen LogP contribution in [0.15, 0.2) is 67.3 Å². The van der Waals surface area contributed by atoms with Crippen LogP contribution in [0.3, 0.4) is 0 Å². The van der Waals surface area contributed by atoms with E-state index in [0.29, 0.717) is 22.5 Å². The normalized spacial score (nSPS) is 12.0. The van der Waals surface area contributed by atoms with E-state index in [-0.39, 0.29) is 17.6 Å². The number of hydrogen-bond acceptors (Lipinski definition) is 7. The van der Waals surface area contributed by atoms with Crippen molar-refractivity contribution in [3.8, 4) is 34.1 Å². The molecule has 0 aliphatic carbocycles. The first-order valence-electron chi connectivity index (χ1n) is 9.92. The highest BCUT2D eigenvalue weighted by Crippen LogP contribution is 2.36. The number of halogens is 1. The molecule has 0 saturated carbocycles. The van der Waals surface area contributed by atoms with Gasteiger partial charge in [0.05, 0.1) is 11.3 Å². The van der Waals surface area contributed by atoms with Crippen LogP contribution in [0.2, 0.25) is 0 Å². The van der Waals surface area contributed by atoms with Crippen molar-refractivity contribution in [2.75, 3.05) is 5.73 Å². The summed E-state index contributed by atoms with van der Waals surface area (Å²) in [6.45, 7) is 1.78. The Kier molecular flexibility index (Phi) is 6.85. The lowest BCUT2D eigenvalue weighted by Crippen LogP contribution is -2.06. The highest BCUT2D eigenvalue weighted by atomic mass is 32.2. The topological polar surface area (TPSA) is 136 Å². The minimum absolute atomic E-state index is 0.0279. The van der Waals surface area contributed by atoms with E-state index in [1.807, 2.05) is 12.1 Å². The van der Waals surface area contributed by atoms with Gasteiger partial charge in [-0.05, 0) is 42.3 Å². The fraction of sp³-hybridized carbons (Fsp3) is 0.0435. The fourth-order valence-corrected chi connectivity index (χ4v) is 3.34. The van der Waals surface area contributed by atoms with Gasteiger partial charge in [-0.1, -0.05) is 30.3 Å². The van der Waals surface area contributed by atoms with Gasteiger partial charge in [0.25, 0.3) is 11.3 Å². The Balaban J connectivity index is 1.65. The summed E-state index contributed by atoms with van der Waals surface area (Å²) in [7, 11) is 0. The molecule has 9 nitrogen and oxygen atoms in total. The summed E-state index contributed by atoms with van der Waals surface area (Å²) >= 11 is -2.13. The van der Waals surface area contributed by atoms with Crippen molar-refractivity contribution in [1.82, 2.24) is 24.7 Å². The molecule has 1 atom stereocenters. The second kappa shape index (κ2) is 10.1. The molecule has 34 heavy (non-hydrogen) atoms. The summed E-state index contributed by atoms with van der Waals surface area (Å²) in [6, 6.07) is 13.4. The molecule has 1 unspecified atom stereocenters. The molecule has 4 aromatic rings. The van der Waals surface area contributed by atoms with Gasteiger partial charge in [0.2, 0.25) is 0 Å². The average Bonchev–Trinajstić information content (AvgIpc) is 2.81. The van der Waals surface area contributed by atoms with E-state index in [9.17, 15) is 8.60 Å². The van der Waals surface area contributed by atoms with Crippen molar-refractivity contribution >= 4 is 23.2 Å². The zero-order chi connectivity index (χ0) is 24.1. The minimum atomic E-state index is -2.13. The molecule has 0 amide bonds. The first kappa shape index (κ1) is 23.0. The molecule has 0 radical (unpaired) electrons. The summed E-state index contributed by atoms with van der Waals surface area (Å²) in [6.07, 6.45) is 5.88. The first-order valence-corrected chi connectivity index (χ1v) is 11.0. The molecule has 0 bridgehead atoms. The van der Waals surface area contributed by atoms with Gasteiger partial charge in [0, 0.05) is 23.7 Å². The van der Waals surface area contributed by atoms with E-state index in [0.717, 1.165) is 11.1 Å². The van der Waals surface area contributed by atoms with Crippen LogP contribution in [-0.2, 0) is 11.3 Å². The zero-order valence-corrected chi connectivity index (χ0v) is 18.7. The average molecular weight is 479 g/mol. The molecule has 0 aliphatic heterocycles. The van der Waals surface area contributed by atoms with Gasteiger partial charge in [0.1, 0.15) is 12.1 Å². The molecule has 0 aliphatic rings. The van der Waals surface area contributed by atoms with Crippen LogP contribution in [-0.4, -0.2) is 28.7 Å². The van der Waals surface area contributed by atoms with Crippen molar-refractivity contribution in [2.24, 2.45) is 0 Å². The molecule has 2 aromatic carbocycles. The number of nitrogens with two attached hydrogens (primary N) is 1. The van der Waals surface area contributed by atoms with Crippen LogP contribution < -0.4 is 15.2 Å². The van der Waals surface area contributed by atoms with Crippen molar-refractivity contribution in [1.29, 1.82) is 0 Å². The van der Waals surface area contributed by atoms with Crippen LogP contribution in [0.25, 0.3) is 28.5 Å². The summed E-state index contributed by atoms with van der Waals surface area (Å²) < 4.78 is 42.1. The molecule has 0 fully saturated rings. The Morgan fingerprint density at radius 3 is 2.56 bits per heavy atom. The van der Waals surface area contributed by atoms with Crippen molar-refractivity contribution in [3.63, 3.8) is 0 Å². The quantitative estimate of drug-likeness (QED) is 0.338. The summed E-state index contributed by atoms with van der Waals surface area (Å²) in [5.74, 6) is -0.454. The Morgan fingerprint density at radius 1 is 1.09 bits per heavy atom. The van der Waals surface area contributed by atoms with Crippen LogP contribution in [0.5, 0.6) is 11.8 Å². The van der Waals surface area contributed by atoms with Crippen molar-refractivity contribution < 1.29 is 17.9 Å². The first-order chi connectivity index (χ1) is 16.4. The molecule has 11 heteroatoms. The highest BCUT2D eigenvalue weighted by Gasteiger charge is 2.16. The van der Waals surface area contributed by atoms with Crippen LogP contribution in [0, 0.1) is 12.7 Å². The number of nitrogens with zero attached hydrogens (tertiary/aromatic N) is 4. The van der Waals surface area contributed by atoms with Crippen LogP contribution in [0.4, 0.5) is 10.2 Å². The third-order valence-electron chi connectivity index (χ3n) is 4.70. The third kappa shape index (κ3) is 5.39. The number of rotatable bonds is 7. The lowest BCUT2D eigenvalue weighted by molar-refractivity contribution is 0.410. The Morgan fingerprint density at radius 2 is 1.85 bits per heavy atom. The van der Waals surface area contributed by atoms with Gasteiger partial charge >= 0.3 is 6.01 Å². The van der Waals surface area contributed by atoms with Gasteiger partial charge in [0.15, 0.2) is 11.6 Å². The van der Waals surface area contributed by atoms with Crippen molar-refractivity contribution in [3.05, 3.63) is 84.3 Å². The third-order valence-corrected chi connectivity index (χ3v) is 5.04. The van der Waals surface area contributed by atoms with Gasteiger partial charge < -0.3 is 10.5 Å². The fourth-order valence-electron chi connectivity index (χ4n) is 3.16. The smallest absolute Gasteiger partial charge is 0.322 e. The van der Waals surface area contributed by atoms with Gasteiger partial charge in [-0.25, -0.2) is 28.5 Å². The number of nitrogen functional groups attached to an aromatic ring is 1. The molecule has 0 saturated heterocycles. The van der Waals surface area contributed by atoms with Gasteiger partial charge in [-0.3, -0.25) is 9.27 Å². The summed E-state index contributed by atoms with van der Waals surface area (Å²) in [5.41, 5.74) is 9.83. The monoisotopic (exact) mass is 478 g/mol. The van der Waals surface area contributed by atoms with E-state index < -0.39 is 17.1 Å². The lowest BCUT2D eigenvalue weighted by Gasteiger charge is -2.13.